The first-order chi connectivity index (χ1) is 10.0. The third-order valence-corrected chi connectivity index (χ3v) is 3.07. The second-order valence-electron chi connectivity index (χ2n) is 4.81. The van der Waals surface area contributed by atoms with Crippen molar-refractivity contribution in [2.75, 3.05) is 24.3 Å². The highest BCUT2D eigenvalue weighted by Crippen LogP contribution is 2.28. The molecule has 0 heterocycles. The minimum absolute atomic E-state index is 0.141. The maximum atomic E-state index is 12.2. The number of methoxy groups -OCH3 is 1. The molecule has 21 heavy (non-hydrogen) atoms. The number of carbonyl (C=O) groups is 2. The molecule has 1 rings (SSSR count). The van der Waals surface area contributed by atoms with Crippen LogP contribution in [0.15, 0.2) is 18.2 Å². The molecular weight excluding hydrogens is 270 g/mol. The van der Waals surface area contributed by atoms with Crippen LogP contribution in [0, 0.1) is 5.92 Å². The lowest BCUT2D eigenvalue weighted by Gasteiger charge is -2.16. The lowest BCUT2D eigenvalue weighted by atomic mass is 10.0. The first-order valence-electron chi connectivity index (χ1n) is 6.98. The Balaban J connectivity index is 2.93. The molecule has 0 bridgehead atoms. The number of hydrogen-bond donors (Lipinski definition) is 3. The Morgan fingerprint density at radius 2 is 2.05 bits per heavy atom. The summed E-state index contributed by atoms with van der Waals surface area (Å²) < 4.78 is 5.22. The van der Waals surface area contributed by atoms with Gasteiger partial charge in [-0.05, 0) is 24.6 Å². The van der Waals surface area contributed by atoms with Crippen molar-refractivity contribution >= 4 is 23.2 Å². The van der Waals surface area contributed by atoms with Crippen LogP contribution in [0.4, 0.5) is 11.4 Å². The van der Waals surface area contributed by atoms with E-state index in [1.54, 1.807) is 18.2 Å². The molecule has 1 aromatic carbocycles. The van der Waals surface area contributed by atoms with Crippen LogP contribution in [0.2, 0.25) is 0 Å². The molecule has 1 atom stereocenters. The van der Waals surface area contributed by atoms with Gasteiger partial charge in [-0.25, -0.2) is 0 Å². The molecule has 0 aliphatic carbocycles. The second-order valence-corrected chi connectivity index (χ2v) is 4.81. The van der Waals surface area contributed by atoms with Gasteiger partial charge in [-0.2, -0.15) is 0 Å². The van der Waals surface area contributed by atoms with Gasteiger partial charge in [-0.15, -0.1) is 0 Å². The Kier molecular flexibility index (Phi) is 6.68. The zero-order valence-corrected chi connectivity index (χ0v) is 12.7. The zero-order valence-electron chi connectivity index (χ0n) is 12.7. The van der Waals surface area contributed by atoms with Crippen molar-refractivity contribution in [2.45, 2.75) is 26.7 Å². The lowest BCUT2D eigenvalue weighted by Crippen LogP contribution is -2.29. The molecule has 0 aromatic heterocycles. The minimum Gasteiger partial charge on any atom is -0.495 e. The first kappa shape index (κ1) is 17.0. The van der Waals surface area contributed by atoms with Gasteiger partial charge in [-0.3, -0.25) is 9.59 Å². The first-order valence-corrected chi connectivity index (χ1v) is 6.98. The molecule has 1 unspecified atom stereocenters. The molecule has 0 saturated heterocycles. The molecule has 0 fully saturated rings. The summed E-state index contributed by atoms with van der Waals surface area (Å²) in [5.41, 5.74) is 6.74. The Morgan fingerprint density at radius 3 is 2.57 bits per heavy atom. The Labute approximate surface area is 125 Å². The molecule has 6 heteroatoms. The van der Waals surface area contributed by atoms with E-state index in [2.05, 4.69) is 10.6 Å². The van der Waals surface area contributed by atoms with Crippen LogP contribution < -0.4 is 21.1 Å². The normalized spacial score (nSPS) is 11.6. The van der Waals surface area contributed by atoms with Crippen LogP contribution in [-0.2, 0) is 9.59 Å². The number of benzene rings is 1. The third-order valence-electron chi connectivity index (χ3n) is 3.07. The SMILES string of the molecule is CCCC(CN)C(=O)Nc1cc(NC(C)=O)ccc1OC. The Bertz CT molecular complexity index is 503. The van der Waals surface area contributed by atoms with Crippen molar-refractivity contribution in [2.24, 2.45) is 11.7 Å². The number of amides is 2. The summed E-state index contributed by atoms with van der Waals surface area (Å²) in [6.45, 7) is 3.73. The average Bonchev–Trinajstić information content (AvgIpc) is 2.44. The van der Waals surface area contributed by atoms with Gasteiger partial charge >= 0.3 is 0 Å². The fraction of sp³-hybridized carbons (Fsp3) is 0.467. The van der Waals surface area contributed by atoms with E-state index in [0.29, 0.717) is 23.7 Å². The standard InChI is InChI=1S/C15H23N3O3/c1-4-5-11(9-16)15(20)18-13-8-12(17-10(2)19)6-7-14(13)21-3/h6-8,11H,4-5,9,16H2,1-3H3,(H,17,19)(H,18,20). The molecule has 0 spiro atoms. The van der Waals surface area contributed by atoms with E-state index in [1.807, 2.05) is 6.92 Å². The quantitative estimate of drug-likeness (QED) is 0.716. The number of hydrogen-bond acceptors (Lipinski definition) is 4. The monoisotopic (exact) mass is 293 g/mol. The number of carbonyl (C=O) groups excluding carboxylic acids is 2. The molecule has 116 valence electrons. The summed E-state index contributed by atoms with van der Waals surface area (Å²) in [4.78, 5) is 23.3. The number of nitrogens with two attached hydrogens (primary N) is 1. The van der Waals surface area contributed by atoms with E-state index in [-0.39, 0.29) is 17.7 Å². The highest BCUT2D eigenvalue weighted by atomic mass is 16.5. The van der Waals surface area contributed by atoms with Crippen LogP contribution in [0.25, 0.3) is 0 Å². The smallest absolute Gasteiger partial charge is 0.228 e. The predicted molar refractivity (Wildman–Crippen MR) is 83.4 cm³/mol. The van der Waals surface area contributed by atoms with Gasteiger partial charge in [-0.1, -0.05) is 13.3 Å². The van der Waals surface area contributed by atoms with Crippen LogP contribution >= 0.6 is 0 Å². The van der Waals surface area contributed by atoms with Crippen molar-refractivity contribution in [3.05, 3.63) is 18.2 Å². The summed E-state index contributed by atoms with van der Waals surface area (Å²) >= 11 is 0. The van der Waals surface area contributed by atoms with Crippen LogP contribution in [0.5, 0.6) is 5.75 Å². The molecule has 0 aliphatic rings. The van der Waals surface area contributed by atoms with Gasteiger partial charge < -0.3 is 21.1 Å². The number of ether oxygens (including phenoxy) is 1. The third kappa shape index (κ3) is 5.07. The topological polar surface area (TPSA) is 93.5 Å². The average molecular weight is 293 g/mol. The van der Waals surface area contributed by atoms with E-state index in [0.717, 1.165) is 12.8 Å². The number of nitrogens with one attached hydrogen (secondary N) is 2. The van der Waals surface area contributed by atoms with Crippen molar-refractivity contribution in [1.29, 1.82) is 0 Å². The Morgan fingerprint density at radius 1 is 1.33 bits per heavy atom. The maximum Gasteiger partial charge on any atom is 0.228 e. The molecule has 4 N–H and O–H groups in total. The maximum absolute atomic E-state index is 12.2. The highest BCUT2D eigenvalue weighted by molar-refractivity contribution is 5.96. The van der Waals surface area contributed by atoms with Crippen molar-refractivity contribution < 1.29 is 14.3 Å². The molecule has 1 aromatic rings. The van der Waals surface area contributed by atoms with Crippen LogP contribution in [0.3, 0.4) is 0 Å². The van der Waals surface area contributed by atoms with Gasteiger partial charge in [0.25, 0.3) is 0 Å². The van der Waals surface area contributed by atoms with E-state index < -0.39 is 0 Å². The summed E-state index contributed by atoms with van der Waals surface area (Å²) in [5.74, 6) is -0.0188. The van der Waals surface area contributed by atoms with Gasteiger partial charge in [0.15, 0.2) is 0 Å². The van der Waals surface area contributed by atoms with E-state index in [9.17, 15) is 9.59 Å². The second kappa shape index (κ2) is 8.26. The fourth-order valence-electron chi connectivity index (χ4n) is 2.03. The van der Waals surface area contributed by atoms with Gasteiger partial charge in [0.1, 0.15) is 5.75 Å². The summed E-state index contributed by atoms with van der Waals surface area (Å²) in [5, 5.41) is 5.48. The lowest BCUT2D eigenvalue weighted by molar-refractivity contribution is -0.119. The molecular formula is C15H23N3O3. The molecule has 0 saturated carbocycles. The summed E-state index contributed by atoms with van der Waals surface area (Å²) in [6.07, 6.45) is 1.62. The van der Waals surface area contributed by atoms with E-state index in [4.69, 9.17) is 10.5 Å². The molecule has 6 nitrogen and oxygen atoms in total. The molecule has 2 amide bonds. The minimum atomic E-state index is -0.232. The Hall–Kier alpha value is -2.08. The number of anilines is 2. The fourth-order valence-corrected chi connectivity index (χ4v) is 2.03. The number of rotatable bonds is 7. The van der Waals surface area contributed by atoms with Crippen molar-refractivity contribution in [3.63, 3.8) is 0 Å². The van der Waals surface area contributed by atoms with Gasteiger partial charge in [0.2, 0.25) is 11.8 Å². The molecule has 0 radical (unpaired) electrons. The predicted octanol–water partition coefficient (Wildman–Crippen LogP) is 1.97. The zero-order chi connectivity index (χ0) is 15.8. The van der Waals surface area contributed by atoms with Crippen molar-refractivity contribution in [1.82, 2.24) is 0 Å². The molecule has 0 aliphatic heterocycles. The van der Waals surface area contributed by atoms with E-state index >= 15 is 0 Å². The van der Waals surface area contributed by atoms with Crippen molar-refractivity contribution in [3.8, 4) is 5.75 Å². The van der Waals surface area contributed by atoms with Gasteiger partial charge in [0, 0.05) is 19.2 Å². The summed E-state index contributed by atoms with van der Waals surface area (Å²) in [6, 6.07) is 5.07. The summed E-state index contributed by atoms with van der Waals surface area (Å²) in [7, 11) is 1.52. The largest absolute Gasteiger partial charge is 0.495 e. The van der Waals surface area contributed by atoms with E-state index in [1.165, 1.54) is 14.0 Å². The van der Waals surface area contributed by atoms with Gasteiger partial charge in [0.05, 0.1) is 18.7 Å². The highest BCUT2D eigenvalue weighted by Gasteiger charge is 2.17. The van der Waals surface area contributed by atoms with Crippen LogP contribution in [-0.4, -0.2) is 25.5 Å². The van der Waals surface area contributed by atoms with Crippen LogP contribution in [0.1, 0.15) is 26.7 Å².